The number of nitrogens with one attached hydrogen (secondary N) is 1. The molecule has 0 radical (unpaired) electrons. The van der Waals surface area contributed by atoms with Crippen molar-refractivity contribution in [2.45, 2.75) is 39.2 Å². The highest BCUT2D eigenvalue weighted by Gasteiger charge is 2.28. The number of benzene rings is 1. The maximum Gasteiger partial charge on any atom is 0.322 e. The predicted octanol–water partition coefficient (Wildman–Crippen LogP) is 3.34. The van der Waals surface area contributed by atoms with Crippen LogP contribution in [0.4, 0.5) is 10.5 Å². The lowest BCUT2D eigenvalue weighted by Gasteiger charge is -2.25. The summed E-state index contributed by atoms with van der Waals surface area (Å²) in [7, 11) is 0. The van der Waals surface area contributed by atoms with Gasteiger partial charge in [-0.3, -0.25) is 0 Å². The highest BCUT2D eigenvalue weighted by molar-refractivity contribution is 6.31. The van der Waals surface area contributed by atoms with Gasteiger partial charge in [-0.15, -0.1) is 0 Å². The minimum absolute atomic E-state index is 0.102. The Balaban J connectivity index is 2.14. The number of hydrogen-bond donors (Lipinski definition) is 2. The lowest BCUT2D eigenvalue weighted by molar-refractivity contribution is 0.189. The van der Waals surface area contributed by atoms with Crippen molar-refractivity contribution in [2.24, 2.45) is 0 Å². The fourth-order valence-electron chi connectivity index (χ4n) is 2.74. The van der Waals surface area contributed by atoms with E-state index < -0.39 is 0 Å². The average Bonchev–Trinajstić information content (AvgIpc) is 2.88. The van der Waals surface area contributed by atoms with Crippen LogP contribution in [0.3, 0.4) is 0 Å². The van der Waals surface area contributed by atoms with E-state index in [4.69, 9.17) is 16.7 Å². The van der Waals surface area contributed by atoms with E-state index in [0.717, 1.165) is 36.2 Å². The Morgan fingerprint density at radius 2 is 2.25 bits per heavy atom. The molecule has 110 valence electrons. The summed E-state index contributed by atoms with van der Waals surface area (Å²) in [6.45, 7) is 4.72. The molecule has 1 aromatic rings. The summed E-state index contributed by atoms with van der Waals surface area (Å²) in [5, 5.41) is 12.7. The van der Waals surface area contributed by atoms with Crippen molar-refractivity contribution in [3.63, 3.8) is 0 Å². The number of halogens is 1. The molecule has 0 saturated carbocycles. The molecule has 0 aromatic heterocycles. The zero-order valence-electron chi connectivity index (χ0n) is 11.9. The minimum Gasteiger partial charge on any atom is -0.396 e. The molecule has 0 bridgehead atoms. The molecule has 5 heteroatoms. The van der Waals surface area contributed by atoms with Gasteiger partial charge in [0.25, 0.3) is 0 Å². The first-order valence-electron chi connectivity index (χ1n) is 6.98. The van der Waals surface area contributed by atoms with Crippen LogP contribution < -0.4 is 5.32 Å². The lowest BCUT2D eigenvalue weighted by Crippen LogP contribution is -2.39. The SMILES string of the molecule is Cc1ccc(Cl)c(C)c1NC(=O)N1CCC[C@H]1CCO. The number of carbonyl (C=O) groups excluding carboxylic acids is 1. The van der Waals surface area contributed by atoms with Crippen molar-refractivity contribution in [3.8, 4) is 0 Å². The van der Waals surface area contributed by atoms with Gasteiger partial charge in [-0.05, 0) is 50.3 Å². The molecule has 0 spiro atoms. The quantitative estimate of drug-likeness (QED) is 0.899. The summed E-state index contributed by atoms with van der Waals surface area (Å²) < 4.78 is 0. The first-order valence-corrected chi connectivity index (χ1v) is 7.36. The molecule has 1 saturated heterocycles. The number of carbonyl (C=O) groups is 1. The topological polar surface area (TPSA) is 52.6 Å². The van der Waals surface area contributed by atoms with Crippen molar-refractivity contribution in [1.82, 2.24) is 4.90 Å². The van der Waals surface area contributed by atoms with Crippen LogP contribution in [0.2, 0.25) is 5.02 Å². The van der Waals surface area contributed by atoms with Crippen LogP contribution >= 0.6 is 11.6 Å². The molecule has 2 rings (SSSR count). The molecule has 1 aliphatic heterocycles. The average molecular weight is 297 g/mol. The molecule has 20 heavy (non-hydrogen) atoms. The molecular formula is C15H21ClN2O2. The third-order valence-electron chi connectivity index (χ3n) is 3.94. The molecule has 2 N–H and O–H groups in total. The first kappa shape index (κ1) is 15.1. The summed E-state index contributed by atoms with van der Waals surface area (Å²) in [6.07, 6.45) is 2.59. The van der Waals surface area contributed by atoms with Crippen molar-refractivity contribution >= 4 is 23.3 Å². The van der Waals surface area contributed by atoms with Crippen molar-refractivity contribution in [2.75, 3.05) is 18.5 Å². The second-order valence-corrected chi connectivity index (χ2v) is 5.70. The van der Waals surface area contributed by atoms with E-state index >= 15 is 0 Å². The van der Waals surface area contributed by atoms with E-state index in [2.05, 4.69) is 5.32 Å². The van der Waals surface area contributed by atoms with Crippen LogP contribution in [0.5, 0.6) is 0 Å². The monoisotopic (exact) mass is 296 g/mol. The van der Waals surface area contributed by atoms with E-state index in [1.807, 2.05) is 30.9 Å². The fraction of sp³-hybridized carbons (Fsp3) is 0.533. The number of hydrogen-bond acceptors (Lipinski definition) is 2. The Bertz CT molecular complexity index is 505. The van der Waals surface area contributed by atoms with Gasteiger partial charge in [0, 0.05) is 29.9 Å². The second-order valence-electron chi connectivity index (χ2n) is 5.30. The number of aliphatic hydroxyl groups is 1. The first-order chi connectivity index (χ1) is 9.54. The Kier molecular flexibility index (Phi) is 4.89. The van der Waals surface area contributed by atoms with Gasteiger partial charge < -0.3 is 15.3 Å². The van der Waals surface area contributed by atoms with Crippen molar-refractivity contribution in [1.29, 1.82) is 0 Å². The predicted molar refractivity (Wildman–Crippen MR) is 81.4 cm³/mol. The van der Waals surface area contributed by atoms with Gasteiger partial charge >= 0.3 is 6.03 Å². The lowest BCUT2D eigenvalue weighted by atomic mass is 10.1. The number of urea groups is 1. The Morgan fingerprint density at radius 1 is 1.50 bits per heavy atom. The molecule has 2 amide bonds. The number of nitrogens with zero attached hydrogens (tertiary/aromatic N) is 1. The molecule has 0 unspecified atom stereocenters. The molecule has 1 heterocycles. The molecule has 1 aromatic carbocycles. The van der Waals surface area contributed by atoms with Crippen LogP contribution in [-0.2, 0) is 0 Å². The van der Waals surface area contributed by atoms with Crippen LogP contribution in [0.25, 0.3) is 0 Å². The van der Waals surface area contributed by atoms with Crippen LogP contribution in [0.15, 0.2) is 12.1 Å². The fourth-order valence-corrected chi connectivity index (χ4v) is 2.90. The van der Waals surface area contributed by atoms with Crippen LogP contribution in [0.1, 0.15) is 30.4 Å². The van der Waals surface area contributed by atoms with Crippen molar-refractivity contribution < 1.29 is 9.90 Å². The number of anilines is 1. The minimum atomic E-state index is -0.102. The number of aryl methyl sites for hydroxylation is 1. The Morgan fingerprint density at radius 3 is 2.95 bits per heavy atom. The van der Waals surface area contributed by atoms with Gasteiger partial charge in [0.05, 0.1) is 0 Å². The zero-order valence-corrected chi connectivity index (χ0v) is 12.7. The summed E-state index contributed by atoms with van der Waals surface area (Å²) >= 11 is 6.11. The molecule has 1 fully saturated rings. The van der Waals surface area contributed by atoms with E-state index in [-0.39, 0.29) is 18.7 Å². The number of aliphatic hydroxyl groups excluding tert-OH is 1. The number of likely N-dealkylation sites (tertiary alicyclic amines) is 1. The molecule has 1 aliphatic rings. The third-order valence-corrected chi connectivity index (χ3v) is 4.35. The molecule has 1 atom stereocenters. The molecular weight excluding hydrogens is 276 g/mol. The van der Waals surface area contributed by atoms with E-state index in [1.165, 1.54) is 0 Å². The standard InChI is InChI=1S/C15H21ClN2O2/c1-10-5-6-13(16)11(2)14(10)17-15(20)18-8-3-4-12(18)7-9-19/h5-6,12,19H,3-4,7-9H2,1-2H3,(H,17,20)/t12-/m0/s1. The molecule has 0 aliphatic carbocycles. The molecule has 4 nitrogen and oxygen atoms in total. The Labute approximate surface area is 124 Å². The van der Waals surface area contributed by atoms with Gasteiger partial charge in [0.15, 0.2) is 0 Å². The highest BCUT2D eigenvalue weighted by Crippen LogP contribution is 2.28. The van der Waals surface area contributed by atoms with Crippen LogP contribution in [-0.4, -0.2) is 35.2 Å². The van der Waals surface area contributed by atoms with Gasteiger partial charge in [-0.2, -0.15) is 0 Å². The summed E-state index contributed by atoms with van der Waals surface area (Å²) in [5.74, 6) is 0. The van der Waals surface area contributed by atoms with E-state index in [0.29, 0.717) is 11.4 Å². The Hall–Kier alpha value is -1.26. The summed E-state index contributed by atoms with van der Waals surface area (Å²) in [4.78, 5) is 14.2. The normalized spacial score (nSPS) is 18.4. The number of amides is 2. The number of rotatable bonds is 3. The van der Waals surface area contributed by atoms with Gasteiger partial charge in [0.1, 0.15) is 0 Å². The smallest absolute Gasteiger partial charge is 0.322 e. The zero-order chi connectivity index (χ0) is 14.7. The van der Waals surface area contributed by atoms with Gasteiger partial charge in [0.2, 0.25) is 0 Å². The second kappa shape index (κ2) is 6.46. The van der Waals surface area contributed by atoms with Gasteiger partial charge in [-0.25, -0.2) is 4.79 Å². The maximum absolute atomic E-state index is 12.4. The highest BCUT2D eigenvalue weighted by atomic mass is 35.5. The maximum atomic E-state index is 12.4. The summed E-state index contributed by atoms with van der Waals surface area (Å²) in [5.41, 5.74) is 2.67. The van der Waals surface area contributed by atoms with Gasteiger partial charge in [-0.1, -0.05) is 17.7 Å². The van der Waals surface area contributed by atoms with E-state index in [9.17, 15) is 4.79 Å². The largest absolute Gasteiger partial charge is 0.396 e. The van der Waals surface area contributed by atoms with E-state index in [1.54, 1.807) is 0 Å². The third kappa shape index (κ3) is 3.07. The van der Waals surface area contributed by atoms with Crippen molar-refractivity contribution in [3.05, 3.63) is 28.3 Å². The summed E-state index contributed by atoms with van der Waals surface area (Å²) in [6, 6.07) is 3.78. The van der Waals surface area contributed by atoms with Crippen LogP contribution in [0, 0.1) is 13.8 Å².